The van der Waals surface area contributed by atoms with E-state index in [0.29, 0.717) is 31.8 Å². The summed E-state index contributed by atoms with van der Waals surface area (Å²) in [6, 6.07) is 14.2. The Morgan fingerprint density at radius 3 is 2.82 bits per heavy atom. The molecule has 1 aliphatic heterocycles. The van der Waals surface area contributed by atoms with E-state index in [1.165, 1.54) is 10.4 Å². The van der Waals surface area contributed by atoms with Crippen LogP contribution in [0.15, 0.2) is 59.7 Å². The van der Waals surface area contributed by atoms with Crippen molar-refractivity contribution in [3.8, 4) is 0 Å². The van der Waals surface area contributed by atoms with E-state index in [0.717, 1.165) is 12.8 Å². The van der Waals surface area contributed by atoms with Gasteiger partial charge in [0.15, 0.2) is 5.76 Å². The van der Waals surface area contributed by atoms with Gasteiger partial charge in [0.25, 0.3) is 5.91 Å². The van der Waals surface area contributed by atoms with Crippen molar-refractivity contribution in [1.29, 1.82) is 0 Å². The van der Waals surface area contributed by atoms with Crippen molar-refractivity contribution in [2.24, 2.45) is 0 Å². The number of aliphatic hydroxyl groups excluding tert-OH is 1. The Morgan fingerprint density at radius 1 is 1.21 bits per heavy atom. The lowest BCUT2D eigenvalue weighted by atomic mass is 9.99. The van der Waals surface area contributed by atoms with Crippen LogP contribution in [0.3, 0.4) is 0 Å². The molecule has 2 heterocycles. The van der Waals surface area contributed by atoms with E-state index >= 15 is 0 Å². The van der Waals surface area contributed by atoms with E-state index in [-0.39, 0.29) is 18.4 Å². The summed E-state index contributed by atoms with van der Waals surface area (Å²) in [5, 5.41) is 13.9. The second-order valence-corrected chi connectivity index (χ2v) is 7.71. The maximum atomic E-state index is 12.6. The van der Waals surface area contributed by atoms with Crippen LogP contribution in [0.25, 0.3) is 0 Å². The van der Waals surface area contributed by atoms with Gasteiger partial charge in [-0.15, -0.1) is 11.3 Å². The van der Waals surface area contributed by atoms with Crippen molar-refractivity contribution < 1.29 is 19.4 Å². The number of allylic oxidation sites excluding steroid dienone is 1. The van der Waals surface area contributed by atoms with Crippen LogP contribution in [0.4, 0.5) is 0 Å². The van der Waals surface area contributed by atoms with Crippen molar-refractivity contribution in [3.05, 3.63) is 70.1 Å². The molecule has 150 valence electrons. The lowest BCUT2D eigenvalue weighted by Crippen LogP contribution is -2.33. The van der Waals surface area contributed by atoms with Gasteiger partial charge in [-0.05, 0) is 42.3 Å². The number of hydrogen-bond donors (Lipinski definition) is 2. The molecule has 1 aromatic heterocycles. The van der Waals surface area contributed by atoms with E-state index < -0.39 is 6.29 Å². The highest BCUT2D eigenvalue weighted by molar-refractivity contribution is 7.10. The predicted molar refractivity (Wildman–Crippen MR) is 110 cm³/mol. The van der Waals surface area contributed by atoms with Crippen LogP contribution < -0.4 is 5.32 Å². The quantitative estimate of drug-likeness (QED) is 0.597. The molecule has 0 saturated carbocycles. The summed E-state index contributed by atoms with van der Waals surface area (Å²) >= 11 is 1.67. The summed E-state index contributed by atoms with van der Waals surface area (Å²) < 4.78 is 11.6. The molecule has 28 heavy (non-hydrogen) atoms. The summed E-state index contributed by atoms with van der Waals surface area (Å²) in [6.45, 7) is 1.21. The number of amides is 1. The van der Waals surface area contributed by atoms with Gasteiger partial charge in [0.2, 0.25) is 6.29 Å². The Kier molecular flexibility index (Phi) is 8.08. The van der Waals surface area contributed by atoms with Crippen LogP contribution in [0.1, 0.15) is 35.6 Å². The first-order chi connectivity index (χ1) is 13.8. The Morgan fingerprint density at radius 2 is 2.07 bits per heavy atom. The average molecular weight is 402 g/mol. The van der Waals surface area contributed by atoms with Gasteiger partial charge in [-0.2, -0.15) is 0 Å². The summed E-state index contributed by atoms with van der Waals surface area (Å²) in [4.78, 5) is 13.8. The van der Waals surface area contributed by atoms with Gasteiger partial charge in [-0.25, -0.2) is 0 Å². The zero-order chi connectivity index (χ0) is 19.6. The van der Waals surface area contributed by atoms with Crippen LogP contribution in [0.5, 0.6) is 0 Å². The minimum Gasteiger partial charge on any atom is -0.459 e. The Bertz CT molecular complexity index is 745. The number of thiophene rings is 1. The number of aliphatic hydroxyl groups is 1. The molecule has 0 bridgehead atoms. The Balaban J connectivity index is 1.58. The van der Waals surface area contributed by atoms with Crippen molar-refractivity contribution in [3.63, 3.8) is 0 Å². The topological polar surface area (TPSA) is 67.8 Å². The molecule has 6 heteroatoms. The second kappa shape index (κ2) is 11.0. The van der Waals surface area contributed by atoms with Gasteiger partial charge in [-0.1, -0.05) is 36.4 Å². The molecule has 0 unspecified atom stereocenters. The van der Waals surface area contributed by atoms with E-state index in [2.05, 4.69) is 11.4 Å². The van der Waals surface area contributed by atoms with Crippen molar-refractivity contribution >= 4 is 17.2 Å². The largest absolute Gasteiger partial charge is 0.459 e. The highest BCUT2D eigenvalue weighted by Gasteiger charge is 2.29. The first-order valence-electron chi connectivity index (χ1n) is 9.72. The van der Waals surface area contributed by atoms with Crippen LogP contribution in [-0.4, -0.2) is 37.1 Å². The fourth-order valence-corrected chi connectivity index (χ4v) is 3.91. The number of ether oxygens (including phenoxy) is 2. The summed E-state index contributed by atoms with van der Waals surface area (Å²) in [5.41, 5.74) is 1.18. The van der Waals surface area contributed by atoms with Crippen LogP contribution in [0, 0.1) is 0 Å². The van der Waals surface area contributed by atoms with Crippen LogP contribution >= 0.6 is 11.3 Å². The SMILES string of the molecule is O=C(NCCc1ccccc1)C1=C[C@H](c2cccs2)C[C@H](OCCCCO)O1. The molecule has 0 aliphatic carbocycles. The number of benzene rings is 1. The average Bonchev–Trinajstić information content (AvgIpc) is 3.27. The molecule has 1 amide bonds. The third kappa shape index (κ3) is 6.19. The van der Waals surface area contributed by atoms with Gasteiger partial charge >= 0.3 is 0 Å². The smallest absolute Gasteiger partial charge is 0.286 e. The molecule has 0 saturated heterocycles. The van der Waals surface area contributed by atoms with E-state index in [1.54, 1.807) is 11.3 Å². The van der Waals surface area contributed by atoms with Crippen molar-refractivity contribution in [2.75, 3.05) is 19.8 Å². The third-order valence-corrected chi connectivity index (χ3v) is 5.59. The number of nitrogens with one attached hydrogen (secondary N) is 1. The van der Waals surface area contributed by atoms with E-state index in [9.17, 15) is 4.79 Å². The fourth-order valence-electron chi connectivity index (χ4n) is 3.10. The Labute approximate surface area is 170 Å². The first-order valence-corrected chi connectivity index (χ1v) is 10.6. The summed E-state index contributed by atoms with van der Waals surface area (Å²) in [6.07, 6.45) is 4.37. The predicted octanol–water partition coefficient (Wildman–Crippen LogP) is 3.61. The normalized spacial score (nSPS) is 19.0. The first kappa shape index (κ1) is 20.6. The maximum Gasteiger partial charge on any atom is 0.286 e. The highest BCUT2D eigenvalue weighted by Crippen LogP contribution is 2.33. The van der Waals surface area contributed by atoms with Crippen molar-refractivity contribution in [1.82, 2.24) is 5.32 Å². The van der Waals surface area contributed by atoms with Crippen molar-refractivity contribution in [2.45, 2.75) is 37.9 Å². The molecule has 1 aliphatic rings. The molecule has 0 fully saturated rings. The molecule has 2 atom stereocenters. The molecule has 1 aromatic carbocycles. The molecular weight excluding hydrogens is 374 g/mol. The fraction of sp³-hybridized carbons (Fsp3) is 0.409. The van der Waals surface area contributed by atoms with E-state index in [4.69, 9.17) is 14.6 Å². The van der Waals surface area contributed by atoms with Crippen LogP contribution in [-0.2, 0) is 20.7 Å². The molecule has 2 N–H and O–H groups in total. The zero-order valence-electron chi connectivity index (χ0n) is 15.9. The molecule has 0 spiro atoms. The summed E-state index contributed by atoms with van der Waals surface area (Å²) in [7, 11) is 0. The number of carbonyl (C=O) groups excluding carboxylic acids is 1. The van der Waals surface area contributed by atoms with Gasteiger partial charge in [0, 0.05) is 30.4 Å². The molecule has 2 aromatic rings. The third-order valence-electron chi connectivity index (χ3n) is 4.59. The number of hydrogen-bond acceptors (Lipinski definition) is 5. The maximum absolute atomic E-state index is 12.6. The molecule has 0 radical (unpaired) electrons. The minimum absolute atomic E-state index is 0.103. The summed E-state index contributed by atoms with van der Waals surface area (Å²) in [5.74, 6) is 0.220. The van der Waals surface area contributed by atoms with Gasteiger partial charge in [0.05, 0.1) is 6.61 Å². The van der Waals surface area contributed by atoms with Crippen LogP contribution in [0.2, 0.25) is 0 Å². The lowest BCUT2D eigenvalue weighted by molar-refractivity contribution is -0.146. The minimum atomic E-state index is -0.453. The number of carbonyl (C=O) groups is 1. The highest BCUT2D eigenvalue weighted by atomic mass is 32.1. The molecule has 3 rings (SSSR count). The molecule has 5 nitrogen and oxygen atoms in total. The second-order valence-electron chi connectivity index (χ2n) is 6.73. The standard InChI is InChI=1S/C22H27NO4S/c24-12-4-5-13-26-21-16-18(20-9-6-14-28-20)15-19(27-21)22(25)23-11-10-17-7-2-1-3-8-17/h1-3,6-9,14-15,18,21,24H,4-5,10-13,16H2,(H,23,25)/t18-,21+/m0/s1. The lowest BCUT2D eigenvalue weighted by Gasteiger charge is -2.28. The van der Waals surface area contributed by atoms with Gasteiger partial charge < -0.3 is 19.9 Å². The number of unbranched alkanes of at least 4 members (excludes halogenated alkanes) is 1. The Hall–Kier alpha value is -2.15. The molecular formula is C22H27NO4S. The zero-order valence-corrected chi connectivity index (χ0v) is 16.7. The van der Waals surface area contributed by atoms with Gasteiger partial charge in [0.1, 0.15) is 0 Å². The number of rotatable bonds is 10. The monoisotopic (exact) mass is 401 g/mol. The van der Waals surface area contributed by atoms with E-state index in [1.807, 2.05) is 47.9 Å². The van der Waals surface area contributed by atoms with Gasteiger partial charge in [-0.3, -0.25) is 4.79 Å².